The molecule has 146 valence electrons. The van der Waals surface area contributed by atoms with Crippen LogP contribution in [0.25, 0.3) is 5.69 Å². The molecular weight excluding hydrogens is 371 g/mol. The second kappa shape index (κ2) is 8.05. The van der Waals surface area contributed by atoms with Gasteiger partial charge in [0.2, 0.25) is 0 Å². The van der Waals surface area contributed by atoms with Crippen LogP contribution in [0, 0.1) is 5.82 Å². The molecule has 0 spiro atoms. The van der Waals surface area contributed by atoms with Crippen molar-refractivity contribution in [3.8, 4) is 5.69 Å². The molecule has 0 fully saturated rings. The van der Waals surface area contributed by atoms with E-state index in [4.69, 9.17) is 0 Å². The highest BCUT2D eigenvalue weighted by Crippen LogP contribution is 2.21. The summed E-state index contributed by atoms with van der Waals surface area (Å²) in [6, 6.07) is 15.7. The van der Waals surface area contributed by atoms with Crippen LogP contribution in [0.4, 0.5) is 4.39 Å². The summed E-state index contributed by atoms with van der Waals surface area (Å²) in [6.45, 7) is 2.09. The van der Waals surface area contributed by atoms with E-state index in [0.717, 1.165) is 11.3 Å². The molecule has 0 aliphatic rings. The summed E-state index contributed by atoms with van der Waals surface area (Å²) in [5.74, 6) is -0.676. The number of nitrogens with zero attached hydrogens (tertiary/aromatic N) is 5. The third-order valence-corrected chi connectivity index (χ3v) is 4.56. The molecule has 0 aliphatic carbocycles. The number of hydrogen-bond acceptors (Lipinski definition) is 4. The fourth-order valence-electron chi connectivity index (χ4n) is 3.10. The van der Waals surface area contributed by atoms with Crippen LogP contribution in [0.2, 0.25) is 0 Å². The number of rotatable bonds is 6. The average Bonchev–Trinajstić information content (AvgIpc) is 3.42. The summed E-state index contributed by atoms with van der Waals surface area (Å²) in [5.41, 5.74) is 2.45. The minimum atomic E-state index is -0.354. The number of carbonyl (C=O) groups is 1. The van der Waals surface area contributed by atoms with E-state index in [2.05, 4.69) is 20.7 Å². The molecule has 2 aromatic heterocycles. The molecule has 1 N–H and O–H groups in total. The molecule has 2 heterocycles. The summed E-state index contributed by atoms with van der Waals surface area (Å²) in [7, 11) is 0. The lowest BCUT2D eigenvalue weighted by molar-refractivity contribution is 0.0934. The maximum Gasteiger partial charge on any atom is 0.273 e. The van der Waals surface area contributed by atoms with E-state index < -0.39 is 0 Å². The van der Waals surface area contributed by atoms with Crippen molar-refractivity contribution in [2.45, 2.75) is 19.5 Å². The van der Waals surface area contributed by atoms with Gasteiger partial charge in [0, 0.05) is 18.0 Å². The first-order valence-electron chi connectivity index (χ1n) is 9.15. The molecule has 0 radical (unpaired) electrons. The zero-order valence-corrected chi connectivity index (χ0v) is 15.7. The van der Waals surface area contributed by atoms with Gasteiger partial charge in [-0.25, -0.2) is 13.8 Å². The van der Waals surface area contributed by atoms with Gasteiger partial charge in [0.1, 0.15) is 5.82 Å². The maximum absolute atomic E-state index is 13.8. The molecule has 1 atom stereocenters. The monoisotopic (exact) mass is 390 g/mol. The van der Waals surface area contributed by atoms with Crippen molar-refractivity contribution in [3.05, 3.63) is 95.8 Å². The van der Waals surface area contributed by atoms with Crippen molar-refractivity contribution in [2.75, 3.05) is 0 Å². The number of para-hydroxylation sites is 1. The molecular formula is C21H19FN6O. The van der Waals surface area contributed by atoms with Gasteiger partial charge in [-0.1, -0.05) is 41.6 Å². The summed E-state index contributed by atoms with van der Waals surface area (Å²) in [4.78, 5) is 12.6. The van der Waals surface area contributed by atoms with Gasteiger partial charge in [-0.2, -0.15) is 5.10 Å². The van der Waals surface area contributed by atoms with Crippen molar-refractivity contribution in [1.82, 2.24) is 30.1 Å². The number of aromatic nitrogens is 5. The molecule has 4 rings (SSSR count). The first kappa shape index (κ1) is 18.5. The van der Waals surface area contributed by atoms with Crippen LogP contribution in [-0.4, -0.2) is 30.7 Å². The lowest BCUT2D eigenvalue weighted by Crippen LogP contribution is -2.27. The molecule has 8 heteroatoms. The summed E-state index contributed by atoms with van der Waals surface area (Å²) < 4.78 is 17.0. The summed E-state index contributed by atoms with van der Waals surface area (Å²) >= 11 is 0. The Balaban J connectivity index is 1.48. The quantitative estimate of drug-likeness (QED) is 0.549. The third kappa shape index (κ3) is 4.06. The van der Waals surface area contributed by atoms with Gasteiger partial charge in [-0.3, -0.25) is 4.79 Å². The van der Waals surface area contributed by atoms with Gasteiger partial charge >= 0.3 is 0 Å². The Morgan fingerprint density at radius 3 is 2.72 bits per heavy atom. The Bertz CT molecular complexity index is 1120. The normalized spacial score (nSPS) is 11.9. The van der Waals surface area contributed by atoms with Crippen molar-refractivity contribution in [2.24, 2.45) is 0 Å². The first-order valence-corrected chi connectivity index (χ1v) is 9.15. The van der Waals surface area contributed by atoms with Gasteiger partial charge in [0.05, 0.1) is 24.5 Å². The Hall–Kier alpha value is -3.81. The predicted octanol–water partition coefficient (Wildman–Crippen LogP) is 3.14. The van der Waals surface area contributed by atoms with Crippen molar-refractivity contribution >= 4 is 5.91 Å². The fraction of sp³-hybridized carbons (Fsp3) is 0.143. The van der Waals surface area contributed by atoms with E-state index in [-0.39, 0.29) is 30.0 Å². The Morgan fingerprint density at radius 1 is 1.14 bits per heavy atom. The highest BCUT2D eigenvalue weighted by Gasteiger charge is 2.18. The Labute approximate surface area is 166 Å². The van der Waals surface area contributed by atoms with Crippen LogP contribution < -0.4 is 5.32 Å². The van der Waals surface area contributed by atoms with Crippen LogP contribution in [0.15, 0.2) is 73.2 Å². The molecule has 7 nitrogen and oxygen atoms in total. The van der Waals surface area contributed by atoms with Crippen LogP contribution >= 0.6 is 0 Å². The van der Waals surface area contributed by atoms with Crippen LogP contribution in [0.1, 0.15) is 34.6 Å². The van der Waals surface area contributed by atoms with Gasteiger partial charge in [0.15, 0.2) is 5.69 Å². The SMILES string of the molecule is C[C@@H](NC(=O)c1cn(Cc2ccccc2F)nn1)c1ccccc1-n1cccn1. The molecule has 1 amide bonds. The predicted molar refractivity (Wildman–Crippen MR) is 105 cm³/mol. The molecule has 2 aromatic carbocycles. The largest absolute Gasteiger partial charge is 0.344 e. The molecule has 0 saturated carbocycles. The molecule has 0 aliphatic heterocycles. The van der Waals surface area contributed by atoms with E-state index >= 15 is 0 Å². The van der Waals surface area contributed by atoms with Crippen molar-refractivity contribution in [3.63, 3.8) is 0 Å². The standard InChI is InChI=1S/C21H19FN6O/c1-15(17-8-3-5-10-20(17)28-12-6-11-23-28)24-21(29)19-14-27(26-25-19)13-16-7-2-4-9-18(16)22/h2-12,14-15H,13H2,1H3,(H,24,29)/t15-/m1/s1. The molecule has 4 aromatic rings. The van der Waals surface area contributed by atoms with E-state index in [1.165, 1.54) is 16.9 Å². The molecule has 0 unspecified atom stereocenters. The Morgan fingerprint density at radius 2 is 1.93 bits per heavy atom. The minimum absolute atomic E-state index is 0.171. The highest BCUT2D eigenvalue weighted by molar-refractivity contribution is 5.92. The van der Waals surface area contributed by atoms with E-state index in [9.17, 15) is 9.18 Å². The average molecular weight is 390 g/mol. The minimum Gasteiger partial charge on any atom is -0.344 e. The van der Waals surface area contributed by atoms with E-state index in [0.29, 0.717) is 5.56 Å². The third-order valence-electron chi connectivity index (χ3n) is 4.56. The van der Waals surface area contributed by atoms with E-state index in [1.54, 1.807) is 29.1 Å². The second-order valence-electron chi connectivity index (χ2n) is 6.60. The number of benzene rings is 2. The molecule has 0 bridgehead atoms. The number of hydrogen-bond donors (Lipinski definition) is 1. The smallest absolute Gasteiger partial charge is 0.273 e. The van der Waals surface area contributed by atoms with E-state index in [1.807, 2.05) is 43.5 Å². The zero-order chi connectivity index (χ0) is 20.2. The number of carbonyl (C=O) groups excluding carboxylic acids is 1. The van der Waals surface area contributed by atoms with Crippen LogP contribution in [0.3, 0.4) is 0 Å². The maximum atomic E-state index is 13.8. The summed E-state index contributed by atoms with van der Waals surface area (Å²) in [5, 5.41) is 15.1. The van der Waals surface area contributed by atoms with Gasteiger partial charge in [-0.15, -0.1) is 5.10 Å². The fourth-order valence-corrected chi connectivity index (χ4v) is 3.10. The van der Waals surface area contributed by atoms with Crippen molar-refractivity contribution < 1.29 is 9.18 Å². The second-order valence-corrected chi connectivity index (χ2v) is 6.60. The van der Waals surface area contributed by atoms with Crippen molar-refractivity contribution in [1.29, 1.82) is 0 Å². The molecule has 0 saturated heterocycles. The molecule has 29 heavy (non-hydrogen) atoms. The lowest BCUT2D eigenvalue weighted by Gasteiger charge is -2.17. The van der Waals surface area contributed by atoms with Gasteiger partial charge < -0.3 is 5.32 Å². The first-order chi connectivity index (χ1) is 14.1. The zero-order valence-electron chi connectivity index (χ0n) is 15.7. The highest BCUT2D eigenvalue weighted by atomic mass is 19.1. The number of nitrogens with one attached hydrogen (secondary N) is 1. The van der Waals surface area contributed by atoms with Gasteiger partial charge in [-0.05, 0) is 30.7 Å². The van der Waals surface area contributed by atoms with Gasteiger partial charge in [0.25, 0.3) is 5.91 Å². The number of halogens is 1. The van der Waals surface area contributed by atoms with Crippen LogP contribution in [-0.2, 0) is 6.54 Å². The topological polar surface area (TPSA) is 77.6 Å². The Kier molecular flexibility index (Phi) is 5.15. The summed E-state index contributed by atoms with van der Waals surface area (Å²) in [6.07, 6.45) is 5.06. The van der Waals surface area contributed by atoms with Crippen LogP contribution in [0.5, 0.6) is 0 Å². The number of amides is 1. The lowest BCUT2D eigenvalue weighted by atomic mass is 10.1.